The van der Waals surface area contributed by atoms with Gasteiger partial charge in [0.05, 0.1) is 25.9 Å². The van der Waals surface area contributed by atoms with Crippen molar-refractivity contribution in [3.8, 4) is 5.75 Å². The Morgan fingerprint density at radius 2 is 2.20 bits per heavy atom. The highest BCUT2D eigenvalue weighted by Crippen LogP contribution is 2.26. The van der Waals surface area contributed by atoms with Crippen molar-refractivity contribution in [2.45, 2.75) is 45.6 Å². The van der Waals surface area contributed by atoms with Crippen LogP contribution < -0.4 is 4.74 Å². The van der Waals surface area contributed by atoms with E-state index >= 15 is 0 Å². The first kappa shape index (κ1) is 15.3. The Bertz CT molecular complexity index is 447. The molecule has 1 saturated heterocycles. The molecule has 1 N–H and O–H groups in total. The van der Waals surface area contributed by atoms with E-state index in [0.29, 0.717) is 6.04 Å². The predicted molar refractivity (Wildman–Crippen MR) is 78.9 cm³/mol. The minimum absolute atomic E-state index is 0.261. The lowest BCUT2D eigenvalue weighted by atomic mass is 10.0. The van der Waals surface area contributed by atoms with Crippen LogP contribution in [0.2, 0.25) is 0 Å². The van der Waals surface area contributed by atoms with Crippen LogP contribution in [0, 0.1) is 0 Å². The number of rotatable bonds is 4. The maximum absolute atomic E-state index is 9.74. The molecule has 0 aliphatic carbocycles. The number of ether oxygens (including phenoxy) is 2. The van der Waals surface area contributed by atoms with Crippen molar-refractivity contribution in [2.24, 2.45) is 0 Å². The molecule has 3 atom stereocenters. The standard InChI is InChI=1S/C16H25NO3/c1-11-10-20-12(2)8-17(11)9-15-7-14(13(3)18)5-6-16(15)19-4/h5-7,11-13,18H,8-10H2,1-4H3. The zero-order valence-electron chi connectivity index (χ0n) is 12.8. The lowest BCUT2D eigenvalue weighted by Crippen LogP contribution is -2.46. The summed E-state index contributed by atoms with van der Waals surface area (Å²) in [5.74, 6) is 0.876. The third kappa shape index (κ3) is 3.51. The number of methoxy groups -OCH3 is 1. The van der Waals surface area contributed by atoms with E-state index in [0.717, 1.165) is 36.6 Å². The van der Waals surface area contributed by atoms with Gasteiger partial charge >= 0.3 is 0 Å². The first-order valence-electron chi connectivity index (χ1n) is 7.21. The highest BCUT2D eigenvalue weighted by molar-refractivity contribution is 5.38. The zero-order chi connectivity index (χ0) is 14.7. The number of nitrogens with zero attached hydrogens (tertiary/aromatic N) is 1. The van der Waals surface area contributed by atoms with Gasteiger partial charge in [-0.25, -0.2) is 0 Å². The molecule has 4 heteroatoms. The third-order valence-electron chi connectivity index (χ3n) is 3.90. The van der Waals surface area contributed by atoms with Crippen LogP contribution in [-0.4, -0.2) is 42.4 Å². The summed E-state index contributed by atoms with van der Waals surface area (Å²) in [7, 11) is 1.69. The predicted octanol–water partition coefficient (Wildman–Crippen LogP) is 2.36. The van der Waals surface area contributed by atoms with E-state index in [1.54, 1.807) is 14.0 Å². The molecule has 1 aromatic rings. The molecule has 2 rings (SSSR count). The SMILES string of the molecule is COc1ccc(C(C)O)cc1CN1CC(C)OCC1C. The van der Waals surface area contributed by atoms with E-state index in [1.165, 1.54) is 0 Å². The van der Waals surface area contributed by atoms with Gasteiger partial charge in [0.15, 0.2) is 0 Å². The van der Waals surface area contributed by atoms with Gasteiger partial charge in [0.25, 0.3) is 0 Å². The molecular weight excluding hydrogens is 254 g/mol. The average Bonchev–Trinajstić information content (AvgIpc) is 2.42. The minimum Gasteiger partial charge on any atom is -0.496 e. The Hall–Kier alpha value is -1.10. The van der Waals surface area contributed by atoms with Crippen molar-refractivity contribution in [1.82, 2.24) is 4.90 Å². The number of benzene rings is 1. The first-order chi connectivity index (χ1) is 9.51. The van der Waals surface area contributed by atoms with E-state index in [2.05, 4.69) is 18.7 Å². The Balaban J connectivity index is 2.20. The number of hydrogen-bond donors (Lipinski definition) is 1. The van der Waals surface area contributed by atoms with Gasteiger partial charge in [-0.05, 0) is 38.5 Å². The van der Waals surface area contributed by atoms with E-state index in [9.17, 15) is 5.11 Å². The molecule has 1 aliphatic rings. The fourth-order valence-corrected chi connectivity index (χ4v) is 2.59. The Morgan fingerprint density at radius 3 is 2.85 bits per heavy atom. The lowest BCUT2D eigenvalue weighted by molar-refractivity contribution is -0.0528. The molecule has 112 valence electrons. The average molecular weight is 279 g/mol. The molecule has 1 aromatic carbocycles. The minimum atomic E-state index is -0.458. The van der Waals surface area contributed by atoms with Gasteiger partial charge in [-0.15, -0.1) is 0 Å². The summed E-state index contributed by atoms with van der Waals surface area (Å²) in [6, 6.07) is 6.28. The third-order valence-corrected chi connectivity index (χ3v) is 3.90. The maximum atomic E-state index is 9.74. The summed E-state index contributed by atoms with van der Waals surface area (Å²) in [6.45, 7) is 8.56. The largest absolute Gasteiger partial charge is 0.496 e. The van der Waals surface area contributed by atoms with Crippen LogP contribution in [0.3, 0.4) is 0 Å². The monoisotopic (exact) mass is 279 g/mol. The normalized spacial score (nSPS) is 25.4. The second-order valence-electron chi connectivity index (χ2n) is 5.67. The molecule has 1 heterocycles. The van der Waals surface area contributed by atoms with Crippen molar-refractivity contribution in [3.63, 3.8) is 0 Å². The molecule has 0 radical (unpaired) electrons. The summed E-state index contributed by atoms with van der Waals surface area (Å²) >= 11 is 0. The summed E-state index contributed by atoms with van der Waals surface area (Å²) < 4.78 is 11.1. The molecule has 0 amide bonds. The van der Waals surface area contributed by atoms with Gasteiger partial charge in [-0.2, -0.15) is 0 Å². The lowest BCUT2D eigenvalue weighted by Gasteiger charge is -2.37. The van der Waals surface area contributed by atoms with Gasteiger partial charge in [0.1, 0.15) is 5.75 Å². The number of aliphatic hydroxyl groups is 1. The quantitative estimate of drug-likeness (QED) is 0.918. The number of aliphatic hydroxyl groups excluding tert-OH is 1. The van der Waals surface area contributed by atoms with Crippen molar-refractivity contribution in [3.05, 3.63) is 29.3 Å². The molecular formula is C16H25NO3. The Morgan fingerprint density at radius 1 is 1.45 bits per heavy atom. The second-order valence-corrected chi connectivity index (χ2v) is 5.67. The second kappa shape index (κ2) is 6.57. The van der Waals surface area contributed by atoms with Crippen LogP contribution in [0.4, 0.5) is 0 Å². The smallest absolute Gasteiger partial charge is 0.123 e. The van der Waals surface area contributed by atoms with E-state index < -0.39 is 6.10 Å². The van der Waals surface area contributed by atoms with Gasteiger partial charge in [0.2, 0.25) is 0 Å². The molecule has 4 nitrogen and oxygen atoms in total. The summed E-state index contributed by atoms with van der Waals surface area (Å²) in [6.07, 6.45) is -0.196. The van der Waals surface area contributed by atoms with Crippen LogP contribution in [0.25, 0.3) is 0 Å². The maximum Gasteiger partial charge on any atom is 0.123 e. The van der Waals surface area contributed by atoms with Gasteiger partial charge in [-0.1, -0.05) is 6.07 Å². The van der Waals surface area contributed by atoms with Crippen LogP contribution >= 0.6 is 0 Å². The molecule has 0 bridgehead atoms. The molecule has 1 fully saturated rings. The van der Waals surface area contributed by atoms with Crippen molar-refractivity contribution < 1.29 is 14.6 Å². The molecule has 0 spiro atoms. The highest BCUT2D eigenvalue weighted by atomic mass is 16.5. The van der Waals surface area contributed by atoms with Crippen LogP contribution in [0.15, 0.2) is 18.2 Å². The van der Waals surface area contributed by atoms with E-state index in [4.69, 9.17) is 9.47 Å². The van der Waals surface area contributed by atoms with Crippen molar-refractivity contribution >= 4 is 0 Å². The number of hydrogen-bond acceptors (Lipinski definition) is 4. The van der Waals surface area contributed by atoms with E-state index in [-0.39, 0.29) is 6.10 Å². The Labute approximate surface area is 121 Å². The number of morpholine rings is 1. The molecule has 20 heavy (non-hydrogen) atoms. The van der Waals surface area contributed by atoms with Crippen LogP contribution in [0.1, 0.15) is 38.0 Å². The van der Waals surface area contributed by atoms with Gasteiger partial charge in [0, 0.05) is 24.7 Å². The summed E-state index contributed by atoms with van der Waals surface area (Å²) in [5.41, 5.74) is 2.04. The van der Waals surface area contributed by atoms with Crippen LogP contribution in [-0.2, 0) is 11.3 Å². The summed E-state index contributed by atoms with van der Waals surface area (Å²) in [5, 5.41) is 9.74. The van der Waals surface area contributed by atoms with Crippen molar-refractivity contribution in [2.75, 3.05) is 20.3 Å². The molecule has 3 unspecified atom stereocenters. The summed E-state index contributed by atoms with van der Waals surface area (Å²) in [4.78, 5) is 2.40. The molecule has 0 saturated carbocycles. The fourth-order valence-electron chi connectivity index (χ4n) is 2.59. The van der Waals surface area contributed by atoms with Gasteiger partial charge in [-0.3, -0.25) is 4.90 Å². The molecule has 0 aromatic heterocycles. The van der Waals surface area contributed by atoms with Crippen molar-refractivity contribution in [1.29, 1.82) is 0 Å². The highest BCUT2D eigenvalue weighted by Gasteiger charge is 2.24. The zero-order valence-corrected chi connectivity index (χ0v) is 12.8. The molecule has 1 aliphatic heterocycles. The van der Waals surface area contributed by atoms with Gasteiger partial charge < -0.3 is 14.6 Å². The topological polar surface area (TPSA) is 41.9 Å². The van der Waals surface area contributed by atoms with E-state index in [1.807, 2.05) is 18.2 Å². The van der Waals surface area contributed by atoms with Crippen LogP contribution in [0.5, 0.6) is 5.75 Å². The first-order valence-corrected chi connectivity index (χ1v) is 7.21. The Kier molecular flexibility index (Phi) is 5.02. The fraction of sp³-hybridized carbons (Fsp3) is 0.625.